The van der Waals surface area contributed by atoms with Crippen LogP contribution in [0, 0.1) is 15.9 Å². The van der Waals surface area contributed by atoms with Crippen molar-refractivity contribution in [2.24, 2.45) is 0 Å². The maximum Gasteiger partial charge on any atom is 0.514 e. The van der Waals surface area contributed by atoms with Crippen molar-refractivity contribution in [3.63, 3.8) is 0 Å². The zero-order valence-corrected chi connectivity index (χ0v) is 9.01. The number of nitrogens with zero attached hydrogens (tertiary/aromatic N) is 1. The van der Waals surface area contributed by atoms with Crippen molar-refractivity contribution in [2.45, 2.75) is 13.3 Å². The second kappa shape index (κ2) is 5.78. The summed E-state index contributed by atoms with van der Waals surface area (Å²) in [4.78, 5) is 20.9. The summed E-state index contributed by atoms with van der Waals surface area (Å²) < 4.78 is 22.0. The number of rotatable bonds is 4. The van der Waals surface area contributed by atoms with E-state index in [1.807, 2.05) is 0 Å². The summed E-state index contributed by atoms with van der Waals surface area (Å²) >= 11 is 0. The zero-order chi connectivity index (χ0) is 12.8. The number of ether oxygens (including phenoxy) is 2. The Balaban J connectivity index is 2.85. The molecule has 0 fully saturated rings. The first-order valence-corrected chi connectivity index (χ1v) is 4.83. The molecule has 0 aliphatic carbocycles. The van der Waals surface area contributed by atoms with Crippen LogP contribution in [0.5, 0.6) is 5.75 Å². The molecule has 0 spiro atoms. The van der Waals surface area contributed by atoms with Crippen LogP contribution in [-0.2, 0) is 4.74 Å². The Kier molecular flexibility index (Phi) is 4.38. The number of hydrogen-bond donors (Lipinski definition) is 0. The predicted octanol–water partition coefficient (Wildman–Crippen LogP) is 2.66. The molecular weight excluding hydrogens is 233 g/mol. The van der Waals surface area contributed by atoms with Crippen LogP contribution in [0.15, 0.2) is 18.2 Å². The average Bonchev–Trinajstić information content (AvgIpc) is 2.26. The quantitative estimate of drug-likeness (QED) is 0.351. The minimum absolute atomic E-state index is 0.127. The number of halogens is 1. The lowest BCUT2D eigenvalue weighted by Gasteiger charge is -2.05. The van der Waals surface area contributed by atoms with Crippen LogP contribution in [0.2, 0.25) is 0 Å². The minimum atomic E-state index is -1.10. The molecule has 0 saturated heterocycles. The van der Waals surface area contributed by atoms with Crippen molar-refractivity contribution < 1.29 is 23.6 Å². The zero-order valence-electron chi connectivity index (χ0n) is 9.01. The highest BCUT2D eigenvalue weighted by molar-refractivity contribution is 5.66. The van der Waals surface area contributed by atoms with Gasteiger partial charge in [-0.3, -0.25) is 10.1 Å². The molecule has 6 nitrogen and oxygen atoms in total. The highest BCUT2D eigenvalue weighted by atomic mass is 19.1. The van der Waals surface area contributed by atoms with E-state index in [9.17, 15) is 19.3 Å². The van der Waals surface area contributed by atoms with Gasteiger partial charge >= 0.3 is 11.8 Å². The van der Waals surface area contributed by atoms with Crippen molar-refractivity contribution in [3.05, 3.63) is 34.1 Å². The standard InChI is InChI=1S/C10H10FNO5/c1-2-5-16-10(13)17-9-6-7(11)3-4-8(9)12(14)15/h3-4,6H,2,5H2,1H3. The summed E-state index contributed by atoms with van der Waals surface area (Å²) in [5.41, 5.74) is -0.500. The van der Waals surface area contributed by atoms with E-state index in [-0.39, 0.29) is 6.61 Å². The van der Waals surface area contributed by atoms with E-state index >= 15 is 0 Å². The predicted molar refractivity (Wildman–Crippen MR) is 55.3 cm³/mol. The van der Waals surface area contributed by atoms with Crippen LogP contribution in [0.25, 0.3) is 0 Å². The number of carbonyl (C=O) groups excluding carboxylic acids is 1. The van der Waals surface area contributed by atoms with Crippen molar-refractivity contribution in [3.8, 4) is 5.75 Å². The molecule has 0 unspecified atom stereocenters. The summed E-state index contributed by atoms with van der Waals surface area (Å²) in [7, 11) is 0. The normalized spacial score (nSPS) is 9.76. The second-order valence-electron chi connectivity index (χ2n) is 3.07. The fraction of sp³-hybridized carbons (Fsp3) is 0.300. The molecule has 0 aliphatic rings. The maximum atomic E-state index is 12.9. The first-order valence-electron chi connectivity index (χ1n) is 4.83. The molecule has 1 rings (SSSR count). The Bertz CT molecular complexity index is 435. The van der Waals surface area contributed by atoms with Crippen molar-refractivity contribution in [2.75, 3.05) is 6.61 Å². The number of nitro benzene ring substituents is 1. The highest BCUT2D eigenvalue weighted by Crippen LogP contribution is 2.27. The van der Waals surface area contributed by atoms with Gasteiger partial charge in [0.05, 0.1) is 11.5 Å². The fourth-order valence-electron chi connectivity index (χ4n) is 1.03. The molecule has 1 aromatic carbocycles. The molecule has 0 bridgehead atoms. The van der Waals surface area contributed by atoms with Crippen molar-refractivity contribution >= 4 is 11.8 Å². The molecule has 1 aromatic rings. The Hall–Kier alpha value is -2.18. The lowest BCUT2D eigenvalue weighted by molar-refractivity contribution is -0.385. The third-order valence-corrected chi connectivity index (χ3v) is 1.74. The van der Waals surface area contributed by atoms with Crippen LogP contribution < -0.4 is 4.74 Å². The van der Waals surface area contributed by atoms with Gasteiger partial charge in [0, 0.05) is 12.1 Å². The van der Waals surface area contributed by atoms with E-state index < -0.39 is 28.3 Å². The van der Waals surface area contributed by atoms with Gasteiger partial charge in [-0.2, -0.15) is 0 Å². The maximum absolute atomic E-state index is 12.9. The summed E-state index contributed by atoms with van der Waals surface area (Å²) in [5.74, 6) is -1.22. The third kappa shape index (κ3) is 3.71. The smallest absolute Gasteiger partial charge is 0.434 e. The first kappa shape index (κ1) is 12.9. The average molecular weight is 243 g/mol. The second-order valence-corrected chi connectivity index (χ2v) is 3.07. The first-order chi connectivity index (χ1) is 8.04. The Labute approximate surface area is 96.1 Å². The molecule has 0 amide bonds. The van der Waals surface area contributed by atoms with E-state index in [4.69, 9.17) is 0 Å². The summed E-state index contributed by atoms with van der Waals surface area (Å²) in [6.45, 7) is 1.90. The molecule has 0 aliphatic heterocycles. The van der Waals surface area contributed by atoms with Gasteiger partial charge in [0.25, 0.3) is 0 Å². The number of benzene rings is 1. The molecule has 0 radical (unpaired) electrons. The SMILES string of the molecule is CCCOC(=O)Oc1cc(F)ccc1[N+](=O)[O-]. The molecule has 0 saturated carbocycles. The Morgan fingerprint density at radius 2 is 2.24 bits per heavy atom. The van der Waals surface area contributed by atoms with Crippen LogP contribution in [-0.4, -0.2) is 17.7 Å². The lowest BCUT2D eigenvalue weighted by Crippen LogP contribution is -2.12. The van der Waals surface area contributed by atoms with E-state index in [0.29, 0.717) is 6.42 Å². The monoisotopic (exact) mass is 243 g/mol. The summed E-state index contributed by atoms with van der Waals surface area (Å²) in [6.07, 6.45) is -0.513. The van der Waals surface area contributed by atoms with Gasteiger partial charge in [0.1, 0.15) is 5.82 Å². The van der Waals surface area contributed by atoms with Crippen LogP contribution in [0.1, 0.15) is 13.3 Å². The van der Waals surface area contributed by atoms with Gasteiger partial charge in [-0.05, 0) is 12.5 Å². The van der Waals surface area contributed by atoms with Crippen LogP contribution in [0.4, 0.5) is 14.9 Å². The molecule has 0 heterocycles. The minimum Gasteiger partial charge on any atom is -0.434 e. The molecule has 17 heavy (non-hydrogen) atoms. The van der Waals surface area contributed by atoms with Crippen LogP contribution in [0.3, 0.4) is 0 Å². The lowest BCUT2D eigenvalue weighted by atomic mass is 10.3. The Morgan fingerprint density at radius 1 is 1.53 bits per heavy atom. The van der Waals surface area contributed by atoms with E-state index in [2.05, 4.69) is 9.47 Å². The number of carbonyl (C=O) groups is 1. The van der Waals surface area contributed by atoms with Gasteiger partial charge in [0.15, 0.2) is 0 Å². The largest absolute Gasteiger partial charge is 0.514 e. The number of hydrogen-bond acceptors (Lipinski definition) is 5. The molecule has 0 N–H and O–H groups in total. The van der Waals surface area contributed by atoms with Gasteiger partial charge in [0.2, 0.25) is 5.75 Å². The molecule has 0 atom stereocenters. The van der Waals surface area contributed by atoms with Gasteiger partial charge in [-0.25, -0.2) is 9.18 Å². The van der Waals surface area contributed by atoms with E-state index in [1.54, 1.807) is 6.92 Å². The fourth-order valence-corrected chi connectivity index (χ4v) is 1.03. The number of nitro groups is 1. The summed E-state index contributed by atoms with van der Waals surface area (Å²) in [5, 5.41) is 10.6. The molecule has 92 valence electrons. The van der Waals surface area contributed by atoms with E-state index in [0.717, 1.165) is 18.2 Å². The van der Waals surface area contributed by atoms with Gasteiger partial charge in [-0.1, -0.05) is 6.92 Å². The van der Waals surface area contributed by atoms with Crippen molar-refractivity contribution in [1.29, 1.82) is 0 Å². The van der Waals surface area contributed by atoms with Crippen molar-refractivity contribution in [1.82, 2.24) is 0 Å². The molecular formula is C10H10FNO5. The van der Waals surface area contributed by atoms with Gasteiger partial charge in [-0.15, -0.1) is 0 Å². The van der Waals surface area contributed by atoms with Crippen LogP contribution >= 0.6 is 0 Å². The Morgan fingerprint density at radius 3 is 2.82 bits per heavy atom. The highest BCUT2D eigenvalue weighted by Gasteiger charge is 2.19. The van der Waals surface area contributed by atoms with E-state index in [1.165, 1.54) is 0 Å². The topological polar surface area (TPSA) is 78.7 Å². The third-order valence-electron chi connectivity index (χ3n) is 1.74. The summed E-state index contributed by atoms with van der Waals surface area (Å²) in [6, 6.07) is 2.57. The van der Waals surface area contributed by atoms with Gasteiger partial charge < -0.3 is 9.47 Å². The molecule has 0 aromatic heterocycles. The molecule has 7 heteroatoms.